The van der Waals surface area contributed by atoms with E-state index in [-0.39, 0.29) is 6.61 Å². The molecule has 1 amide bonds. The van der Waals surface area contributed by atoms with Gasteiger partial charge < -0.3 is 14.8 Å². The highest BCUT2D eigenvalue weighted by atomic mass is 35.5. The number of ether oxygens (including phenoxy) is 2. The molecule has 1 N–H and O–H groups in total. The third kappa shape index (κ3) is 5.64. The van der Waals surface area contributed by atoms with E-state index in [2.05, 4.69) is 5.32 Å². The fourth-order valence-electron chi connectivity index (χ4n) is 2.06. The molecule has 0 bridgehead atoms. The van der Waals surface area contributed by atoms with Gasteiger partial charge in [-0.05, 0) is 62.2 Å². The second kappa shape index (κ2) is 8.92. The third-order valence-electron chi connectivity index (χ3n) is 3.70. The lowest BCUT2D eigenvalue weighted by Crippen LogP contribution is -2.31. The lowest BCUT2D eigenvalue weighted by Gasteiger charge is -2.15. The monoisotopic (exact) mass is 395 g/mol. The molecule has 5 nitrogen and oxygen atoms in total. The van der Waals surface area contributed by atoms with Gasteiger partial charge in [0.2, 0.25) is 0 Å². The Morgan fingerprint density at radius 3 is 2.50 bits per heavy atom. The summed E-state index contributed by atoms with van der Waals surface area (Å²) >= 11 is 11.9. The van der Waals surface area contributed by atoms with Crippen LogP contribution < -0.4 is 10.1 Å². The minimum absolute atomic E-state index is 0.294. The summed E-state index contributed by atoms with van der Waals surface area (Å²) in [5.74, 6) is -0.607. The van der Waals surface area contributed by atoms with Gasteiger partial charge in [-0.2, -0.15) is 0 Å². The van der Waals surface area contributed by atoms with E-state index in [1.54, 1.807) is 18.2 Å². The Bertz CT molecular complexity index is 823. The van der Waals surface area contributed by atoms with E-state index >= 15 is 0 Å². The number of esters is 1. The zero-order chi connectivity index (χ0) is 19.3. The first-order valence-electron chi connectivity index (χ1n) is 7.91. The topological polar surface area (TPSA) is 64.6 Å². The molecule has 1 unspecified atom stereocenters. The van der Waals surface area contributed by atoms with Gasteiger partial charge in [0, 0.05) is 5.02 Å². The highest BCUT2D eigenvalue weighted by molar-refractivity contribution is 6.35. The van der Waals surface area contributed by atoms with E-state index in [0.717, 1.165) is 11.1 Å². The third-order valence-corrected chi connectivity index (χ3v) is 4.26. The second-order valence-electron chi connectivity index (χ2n) is 5.78. The van der Waals surface area contributed by atoms with Crippen LogP contribution in [0.25, 0.3) is 0 Å². The molecule has 0 aliphatic heterocycles. The van der Waals surface area contributed by atoms with Crippen LogP contribution in [0.1, 0.15) is 18.1 Å². The first-order valence-corrected chi connectivity index (χ1v) is 8.67. The number of carbonyl (C=O) groups is 2. The lowest BCUT2D eigenvalue weighted by molar-refractivity contribution is -0.155. The van der Waals surface area contributed by atoms with Crippen LogP contribution in [0.4, 0.5) is 5.69 Å². The summed E-state index contributed by atoms with van der Waals surface area (Å²) in [7, 11) is 0. The van der Waals surface area contributed by atoms with E-state index in [1.165, 1.54) is 13.0 Å². The Morgan fingerprint density at radius 2 is 1.81 bits per heavy atom. The van der Waals surface area contributed by atoms with Crippen molar-refractivity contribution in [3.05, 3.63) is 57.6 Å². The number of halogens is 2. The molecular formula is C19H19Cl2NO4. The molecule has 138 valence electrons. The van der Waals surface area contributed by atoms with E-state index in [0.29, 0.717) is 21.5 Å². The van der Waals surface area contributed by atoms with Crippen molar-refractivity contribution in [3.8, 4) is 5.75 Å². The second-order valence-corrected chi connectivity index (χ2v) is 6.62. The molecule has 7 heteroatoms. The molecule has 0 saturated heterocycles. The number of hydrogen-bond donors (Lipinski definition) is 1. The van der Waals surface area contributed by atoms with Gasteiger partial charge in [-0.25, -0.2) is 4.79 Å². The average Bonchev–Trinajstić information content (AvgIpc) is 2.59. The SMILES string of the molecule is Cc1ccc(OCC(=O)OC(C)C(=O)Nc2cc(Cl)ccc2Cl)cc1C. The van der Waals surface area contributed by atoms with Crippen LogP contribution >= 0.6 is 23.2 Å². The first-order chi connectivity index (χ1) is 12.3. The van der Waals surface area contributed by atoms with Crippen molar-refractivity contribution >= 4 is 40.8 Å². The van der Waals surface area contributed by atoms with E-state index in [9.17, 15) is 9.59 Å². The van der Waals surface area contributed by atoms with Crippen molar-refractivity contribution in [3.63, 3.8) is 0 Å². The molecule has 0 heterocycles. The van der Waals surface area contributed by atoms with Crippen molar-refractivity contribution in [2.24, 2.45) is 0 Å². The molecule has 2 aromatic carbocycles. The number of amides is 1. The number of aryl methyl sites for hydroxylation is 2. The van der Waals surface area contributed by atoms with Crippen LogP contribution in [0.2, 0.25) is 10.0 Å². The van der Waals surface area contributed by atoms with Crippen molar-refractivity contribution in [2.45, 2.75) is 26.9 Å². The molecule has 0 spiro atoms. The number of rotatable bonds is 6. The smallest absolute Gasteiger partial charge is 0.344 e. The predicted octanol–water partition coefficient (Wildman–Crippen LogP) is 4.56. The van der Waals surface area contributed by atoms with Crippen molar-refractivity contribution in [1.82, 2.24) is 0 Å². The fraction of sp³-hybridized carbons (Fsp3) is 0.263. The Hall–Kier alpha value is -2.24. The lowest BCUT2D eigenvalue weighted by atomic mass is 10.1. The molecule has 26 heavy (non-hydrogen) atoms. The molecular weight excluding hydrogens is 377 g/mol. The van der Waals surface area contributed by atoms with Gasteiger partial charge in [0.1, 0.15) is 5.75 Å². The number of anilines is 1. The molecule has 2 rings (SSSR count). The summed E-state index contributed by atoms with van der Waals surface area (Å²) in [4.78, 5) is 24.0. The Morgan fingerprint density at radius 1 is 1.08 bits per heavy atom. The van der Waals surface area contributed by atoms with E-state index in [4.69, 9.17) is 32.7 Å². The normalized spacial score (nSPS) is 11.6. The van der Waals surface area contributed by atoms with Gasteiger partial charge in [-0.15, -0.1) is 0 Å². The molecule has 0 saturated carbocycles. The van der Waals surface area contributed by atoms with Crippen LogP contribution in [0, 0.1) is 13.8 Å². The first kappa shape index (κ1) is 20.1. The maximum atomic E-state index is 12.1. The Labute approximate surface area is 162 Å². The highest BCUT2D eigenvalue weighted by Crippen LogP contribution is 2.25. The fourth-order valence-corrected chi connectivity index (χ4v) is 2.40. The van der Waals surface area contributed by atoms with Gasteiger partial charge in [0.05, 0.1) is 10.7 Å². The average molecular weight is 396 g/mol. The van der Waals surface area contributed by atoms with Crippen molar-refractivity contribution in [2.75, 3.05) is 11.9 Å². The maximum Gasteiger partial charge on any atom is 0.344 e. The van der Waals surface area contributed by atoms with Crippen LogP contribution in [0.5, 0.6) is 5.75 Å². The summed E-state index contributed by atoms with van der Waals surface area (Å²) in [5.41, 5.74) is 2.53. The van der Waals surface area contributed by atoms with Crippen LogP contribution in [-0.4, -0.2) is 24.6 Å². The van der Waals surface area contributed by atoms with Crippen LogP contribution in [-0.2, 0) is 14.3 Å². The van der Waals surface area contributed by atoms with Gasteiger partial charge in [0.25, 0.3) is 5.91 Å². The van der Waals surface area contributed by atoms with Crippen LogP contribution in [0.15, 0.2) is 36.4 Å². The zero-order valence-corrected chi connectivity index (χ0v) is 16.1. The number of nitrogens with one attached hydrogen (secondary N) is 1. The van der Waals surface area contributed by atoms with Gasteiger partial charge in [0.15, 0.2) is 12.7 Å². The summed E-state index contributed by atoms with van der Waals surface area (Å²) in [6.07, 6.45) is -1.01. The molecule has 0 aliphatic carbocycles. The Kier molecular flexibility index (Phi) is 6.89. The molecule has 0 fully saturated rings. The van der Waals surface area contributed by atoms with Gasteiger partial charge in [-0.3, -0.25) is 4.79 Å². The Balaban J connectivity index is 1.86. The number of carbonyl (C=O) groups excluding carboxylic acids is 2. The minimum atomic E-state index is -1.01. The van der Waals surface area contributed by atoms with Crippen molar-refractivity contribution < 1.29 is 19.1 Å². The number of benzene rings is 2. The summed E-state index contributed by atoms with van der Waals surface area (Å²) < 4.78 is 10.5. The molecule has 2 aromatic rings. The molecule has 0 aromatic heterocycles. The molecule has 1 atom stereocenters. The van der Waals surface area contributed by atoms with Crippen LogP contribution in [0.3, 0.4) is 0 Å². The summed E-state index contributed by atoms with van der Waals surface area (Å²) in [6, 6.07) is 10.2. The minimum Gasteiger partial charge on any atom is -0.482 e. The quantitative estimate of drug-likeness (QED) is 0.728. The van der Waals surface area contributed by atoms with Crippen molar-refractivity contribution in [1.29, 1.82) is 0 Å². The molecule has 0 radical (unpaired) electrons. The molecule has 0 aliphatic rings. The van der Waals surface area contributed by atoms with E-state index < -0.39 is 18.0 Å². The predicted molar refractivity (Wildman–Crippen MR) is 102 cm³/mol. The van der Waals surface area contributed by atoms with Gasteiger partial charge >= 0.3 is 5.97 Å². The van der Waals surface area contributed by atoms with Gasteiger partial charge in [-0.1, -0.05) is 29.3 Å². The zero-order valence-electron chi connectivity index (χ0n) is 14.6. The largest absolute Gasteiger partial charge is 0.482 e. The summed E-state index contributed by atoms with van der Waals surface area (Å²) in [5, 5.41) is 3.33. The highest BCUT2D eigenvalue weighted by Gasteiger charge is 2.19. The summed E-state index contributed by atoms with van der Waals surface area (Å²) in [6.45, 7) is 5.10. The number of hydrogen-bond acceptors (Lipinski definition) is 4. The standard InChI is InChI=1S/C19H19Cl2NO4/c1-11-4-6-15(8-12(11)2)25-10-18(23)26-13(3)19(24)22-17-9-14(20)5-7-16(17)21/h4-9,13H,10H2,1-3H3,(H,22,24). The van der Waals surface area contributed by atoms with E-state index in [1.807, 2.05) is 26.0 Å². The maximum absolute atomic E-state index is 12.1.